The van der Waals surface area contributed by atoms with E-state index in [4.69, 9.17) is 4.52 Å². The molecule has 0 atom stereocenters. The molecule has 0 saturated heterocycles. The molecule has 2 aromatic carbocycles. The van der Waals surface area contributed by atoms with E-state index < -0.39 is 0 Å². The van der Waals surface area contributed by atoms with Crippen LogP contribution in [0.4, 0.5) is 10.1 Å². The molecule has 0 aliphatic carbocycles. The molecule has 0 aliphatic heterocycles. The normalized spacial score (nSPS) is 10.7. The second kappa shape index (κ2) is 11.0. The molecule has 4 rings (SSSR count). The quantitative estimate of drug-likeness (QED) is 0.374. The third-order valence-electron chi connectivity index (χ3n) is 4.93. The Morgan fingerprint density at radius 1 is 1.06 bits per heavy atom. The maximum absolute atomic E-state index is 13.0. The molecule has 4 aromatic rings. The van der Waals surface area contributed by atoms with Gasteiger partial charge < -0.3 is 15.2 Å². The third-order valence-corrected chi connectivity index (χ3v) is 4.93. The molecule has 9 nitrogen and oxygen atoms in total. The van der Waals surface area contributed by atoms with Gasteiger partial charge in [-0.1, -0.05) is 17.3 Å². The predicted molar refractivity (Wildman–Crippen MR) is 122 cm³/mol. The molecule has 2 N–H and O–H groups in total. The second-order valence-corrected chi connectivity index (χ2v) is 7.60. The van der Waals surface area contributed by atoms with Crippen molar-refractivity contribution in [2.75, 3.05) is 5.32 Å². The highest BCUT2D eigenvalue weighted by Gasteiger charge is 2.10. The maximum atomic E-state index is 13.0. The number of nitrogens with one attached hydrogen (secondary N) is 2. The molecule has 0 bridgehead atoms. The number of amides is 2. The molecule has 0 spiro atoms. The Balaban J connectivity index is 1.19. The number of anilines is 1. The van der Waals surface area contributed by atoms with Crippen LogP contribution in [-0.2, 0) is 29.1 Å². The molecular formula is C24H23FN6O3. The van der Waals surface area contributed by atoms with Crippen molar-refractivity contribution >= 4 is 17.5 Å². The fourth-order valence-electron chi connectivity index (χ4n) is 3.26. The van der Waals surface area contributed by atoms with E-state index in [9.17, 15) is 14.0 Å². The highest BCUT2D eigenvalue weighted by Crippen LogP contribution is 2.17. The largest absolute Gasteiger partial charge is 0.352 e. The first-order valence-corrected chi connectivity index (χ1v) is 10.8. The molecule has 0 unspecified atom stereocenters. The Hall–Kier alpha value is -4.34. The van der Waals surface area contributed by atoms with Crippen molar-refractivity contribution in [2.24, 2.45) is 0 Å². The number of aromatic nitrogens is 4. The van der Waals surface area contributed by atoms with E-state index >= 15 is 0 Å². The van der Waals surface area contributed by atoms with Crippen LogP contribution in [0.1, 0.15) is 24.3 Å². The molecule has 0 radical (unpaired) electrons. The van der Waals surface area contributed by atoms with E-state index in [1.54, 1.807) is 36.7 Å². The zero-order chi connectivity index (χ0) is 23.8. The van der Waals surface area contributed by atoms with Crippen molar-refractivity contribution in [3.8, 4) is 11.4 Å². The van der Waals surface area contributed by atoms with Crippen molar-refractivity contribution < 1.29 is 18.5 Å². The summed E-state index contributed by atoms with van der Waals surface area (Å²) in [6, 6.07) is 14.9. The van der Waals surface area contributed by atoms with Gasteiger partial charge in [-0.3, -0.25) is 14.3 Å². The minimum atomic E-state index is -0.333. The summed E-state index contributed by atoms with van der Waals surface area (Å²) in [5.74, 6) is 0.182. The SMILES string of the molecule is O=C(CCCc1nc(-c2ccc(F)cc2)no1)NCc1cccc(NC(=O)Cn2cccn2)c1. The van der Waals surface area contributed by atoms with Crippen molar-refractivity contribution in [1.82, 2.24) is 25.2 Å². The molecule has 2 heterocycles. The van der Waals surface area contributed by atoms with Gasteiger partial charge in [0.2, 0.25) is 23.5 Å². The van der Waals surface area contributed by atoms with Gasteiger partial charge in [0, 0.05) is 43.0 Å². The first kappa shape index (κ1) is 22.8. The van der Waals surface area contributed by atoms with Crippen molar-refractivity contribution in [1.29, 1.82) is 0 Å². The summed E-state index contributed by atoms with van der Waals surface area (Å²) < 4.78 is 19.8. The third kappa shape index (κ3) is 6.58. The number of aryl methyl sites for hydroxylation is 1. The standard InChI is InChI=1S/C24H23FN6O3/c25-19-10-8-18(9-11-19)24-29-23(34-30-24)7-2-6-21(32)26-15-17-4-1-5-20(14-17)28-22(33)16-31-13-3-12-27-31/h1,3-5,8-14H,2,6-7,15-16H2,(H,26,32)(H,28,33). The summed E-state index contributed by atoms with van der Waals surface area (Å²) in [4.78, 5) is 28.6. The second-order valence-electron chi connectivity index (χ2n) is 7.60. The lowest BCUT2D eigenvalue weighted by molar-refractivity contribution is -0.121. The number of nitrogens with zero attached hydrogens (tertiary/aromatic N) is 4. The van der Waals surface area contributed by atoms with Crippen LogP contribution < -0.4 is 10.6 Å². The summed E-state index contributed by atoms with van der Waals surface area (Å²) >= 11 is 0. The summed E-state index contributed by atoms with van der Waals surface area (Å²) in [6.45, 7) is 0.469. The molecule has 34 heavy (non-hydrogen) atoms. The lowest BCUT2D eigenvalue weighted by Gasteiger charge is -2.09. The summed E-state index contributed by atoms with van der Waals surface area (Å²) in [7, 11) is 0. The Bertz CT molecular complexity index is 1240. The fraction of sp³-hybridized carbons (Fsp3) is 0.208. The van der Waals surface area contributed by atoms with Gasteiger partial charge in [0.15, 0.2) is 0 Å². The lowest BCUT2D eigenvalue weighted by Crippen LogP contribution is -2.23. The minimum Gasteiger partial charge on any atom is -0.352 e. The van der Waals surface area contributed by atoms with Crippen LogP contribution in [-0.4, -0.2) is 31.7 Å². The summed E-state index contributed by atoms with van der Waals surface area (Å²) in [5.41, 5.74) is 2.18. The first-order valence-electron chi connectivity index (χ1n) is 10.8. The van der Waals surface area contributed by atoms with Crippen LogP contribution in [0, 0.1) is 5.82 Å². The zero-order valence-electron chi connectivity index (χ0n) is 18.3. The number of rotatable bonds is 10. The molecule has 0 saturated carbocycles. The molecule has 2 aromatic heterocycles. The Labute approximate surface area is 195 Å². The van der Waals surface area contributed by atoms with Crippen LogP contribution >= 0.6 is 0 Å². The Morgan fingerprint density at radius 2 is 1.91 bits per heavy atom. The van der Waals surface area contributed by atoms with Crippen LogP contribution in [0.3, 0.4) is 0 Å². The summed E-state index contributed by atoms with van der Waals surface area (Å²) in [6.07, 6.45) is 4.63. The van der Waals surface area contributed by atoms with Gasteiger partial charge >= 0.3 is 0 Å². The number of carbonyl (C=O) groups is 2. The molecule has 0 fully saturated rings. The molecular weight excluding hydrogens is 439 g/mol. The van der Waals surface area contributed by atoms with Gasteiger partial charge in [-0.25, -0.2) is 4.39 Å². The van der Waals surface area contributed by atoms with Gasteiger partial charge in [0.25, 0.3) is 0 Å². The average molecular weight is 462 g/mol. The smallest absolute Gasteiger partial charge is 0.246 e. The van der Waals surface area contributed by atoms with Gasteiger partial charge in [0.05, 0.1) is 0 Å². The average Bonchev–Trinajstić information content (AvgIpc) is 3.51. The number of hydrogen-bond acceptors (Lipinski definition) is 6. The predicted octanol–water partition coefficient (Wildman–Crippen LogP) is 3.35. The van der Waals surface area contributed by atoms with Crippen LogP contribution in [0.2, 0.25) is 0 Å². The first-order chi connectivity index (χ1) is 16.5. The molecule has 174 valence electrons. The van der Waals surface area contributed by atoms with E-state index in [2.05, 4.69) is 25.9 Å². The number of benzene rings is 2. The summed E-state index contributed by atoms with van der Waals surface area (Å²) in [5, 5.41) is 13.6. The number of hydrogen-bond donors (Lipinski definition) is 2. The molecule has 2 amide bonds. The number of halogens is 1. The van der Waals surface area contributed by atoms with Gasteiger partial charge in [0.1, 0.15) is 12.4 Å². The molecule has 0 aliphatic rings. The van der Waals surface area contributed by atoms with Crippen molar-refractivity contribution in [2.45, 2.75) is 32.4 Å². The van der Waals surface area contributed by atoms with Crippen molar-refractivity contribution in [3.63, 3.8) is 0 Å². The lowest BCUT2D eigenvalue weighted by atomic mass is 10.2. The van der Waals surface area contributed by atoms with E-state index in [0.29, 0.717) is 48.8 Å². The van der Waals surface area contributed by atoms with Gasteiger partial charge in [-0.15, -0.1) is 0 Å². The highest BCUT2D eigenvalue weighted by atomic mass is 19.1. The Kier molecular flexibility index (Phi) is 7.39. The zero-order valence-corrected chi connectivity index (χ0v) is 18.3. The number of carbonyl (C=O) groups excluding carboxylic acids is 2. The van der Waals surface area contributed by atoms with Gasteiger partial charge in [-0.05, 0) is 54.4 Å². The van der Waals surface area contributed by atoms with E-state index in [1.165, 1.54) is 16.8 Å². The van der Waals surface area contributed by atoms with Gasteiger partial charge in [-0.2, -0.15) is 10.1 Å². The van der Waals surface area contributed by atoms with Crippen LogP contribution in [0.25, 0.3) is 11.4 Å². The Morgan fingerprint density at radius 3 is 2.71 bits per heavy atom. The highest BCUT2D eigenvalue weighted by molar-refractivity contribution is 5.90. The van der Waals surface area contributed by atoms with E-state index in [-0.39, 0.29) is 24.2 Å². The van der Waals surface area contributed by atoms with E-state index in [0.717, 1.165) is 5.56 Å². The fourth-order valence-corrected chi connectivity index (χ4v) is 3.26. The van der Waals surface area contributed by atoms with Crippen LogP contribution in [0.5, 0.6) is 0 Å². The maximum Gasteiger partial charge on any atom is 0.246 e. The minimum absolute atomic E-state index is 0.105. The van der Waals surface area contributed by atoms with Crippen LogP contribution in [0.15, 0.2) is 71.5 Å². The van der Waals surface area contributed by atoms with Crippen molar-refractivity contribution in [3.05, 3.63) is 84.3 Å². The topological polar surface area (TPSA) is 115 Å². The molecule has 10 heteroatoms. The monoisotopic (exact) mass is 462 g/mol. The van der Waals surface area contributed by atoms with E-state index in [1.807, 2.05) is 18.2 Å².